The van der Waals surface area contributed by atoms with E-state index in [1.165, 1.54) is 19.2 Å². The predicted molar refractivity (Wildman–Crippen MR) is 89.3 cm³/mol. The molecular weight excluding hydrogens is 317 g/mol. The number of hydrogen-bond donors (Lipinski definition) is 1. The van der Waals surface area contributed by atoms with Gasteiger partial charge in [-0.05, 0) is 36.8 Å². The minimum atomic E-state index is -1.46. The van der Waals surface area contributed by atoms with Gasteiger partial charge in [0.25, 0.3) is 0 Å². The molecule has 2 unspecified atom stereocenters. The second kappa shape index (κ2) is 7.87. The number of carbonyl (C=O) groups is 1. The van der Waals surface area contributed by atoms with E-state index in [1.54, 1.807) is 43.3 Å². The Morgan fingerprint density at radius 1 is 1.26 bits per heavy atom. The van der Waals surface area contributed by atoms with Crippen LogP contribution < -0.4 is 10.1 Å². The molecule has 2 aromatic rings. The van der Waals surface area contributed by atoms with Gasteiger partial charge in [0.2, 0.25) is 5.91 Å². The molecule has 122 valence electrons. The van der Waals surface area contributed by atoms with Crippen molar-refractivity contribution < 1.29 is 18.1 Å². The smallest absolute Gasteiger partial charge is 0.239 e. The highest BCUT2D eigenvalue weighted by molar-refractivity contribution is 7.85. The Bertz CT molecular complexity index is 720. The van der Waals surface area contributed by atoms with Crippen molar-refractivity contribution in [3.05, 3.63) is 59.9 Å². The third-order valence-electron chi connectivity index (χ3n) is 3.33. The normalized spacial score (nSPS) is 13.2. The van der Waals surface area contributed by atoms with Crippen LogP contribution >= 0.6 is 0 Å². The number of carbonyl (C=O) groups excluding carboxylic acids is 1. The number of benzene rings is 2. The minimum Gasteiger partial charge on any atom is -0.495 e. The first-order valence-electron chi connectivity index (χ1n) is 7.06. The molecule has 0 radical (unpaired) electrons. The predicted octanol–water partition coefficient (Wildman–Crippen LogP) is 3.11. The minimum absolute atomic E-state index is 0.123. The molecule has 0 fully saturated rings. The number of rotatable bonds is 6. The molecule has 0 aliphatic carbocycles. The van der Waals surface area contributed by atoms with Gasteiger partial charge < -0.3 is 10.1 Å². The van der Waals surface area contributed by atoms with Crippen LogP contribution in [0.2, 0.25) is 0 Å². The summed E-state index contributed by atoms with van der Waals surface area (Å²) < 4.78 is 30.6. The SMILES string of the molecule is COc1ccccc1NC(=O)C(C)S(=O)Cc1cccc(F)c1. The van der Waals surface area contributed by atoms with E-state index in [2.05, 4.69) is 5.32 Å². The summed E-state index contributed by atoms with van der Waals surface area (Å²) in [4.78, 5) is 12.2. The van der Waals surface area contributed by atoms with E-state index < -0.39 is 16.0 Å². The molecule has 23 heavy (non-hydrogen) atoms. The zero-order valence-corrected chi connectivity index (χ0v) is 13.7. The molecule has 2 rings (SSSR count). The summed E-state index contributed by atoms with van der Waals surface area (Å²) >= 11 is 0. The van der Waals surface area contributed by atoms with Gasteiger partial charge >= 0.3 is 0 Å². The first-order valence-corrected chi connectivity index (χ1v) is 8.45. The van der Waals surface area contributed by atoms with E-state index in [-0.39, 0.29) is 17.5 Å². The molecule has 2 atom stereocenters. The van der Waals surface area contributed by atoms with Gasteiger partial charge in [-0.1, -0.05) is 24.3 Å². The van der Waals surface area contributed by atoms with Gasteiger partial charge in [0, 0.05) is 16.6 Å². The lowest BCUT2D eigenvalue weighted by Gasteiger charge is -2.14. The molecule has 2 aromatic carbocycles. The Labute approximate surface area is 137 Å². The average molecular weight is 335 g/mol. The van der Waals surface area contributed by atoms with Crippen LogP contribution in [0, 0.1) is 5.82 Å². The fourth-order valence-electron chi connectivity index (χ4n) is 2.02. The highest BCUT2D eigenvalue weighted by atomic mass is 32.2. The molecule has 4 nitrogen and oxygen atoms in total. The van der Waals surface area contributed by atoms with Crippen molar-refractivity contribution in [2.24, 2.45) is 0 Å². The van der Waals surface area contributed by atoms with Crippen LogP contribution in [0.1, 0.15) is 12.5 Å². The Morgan fingerprint density at radius 3 is 2.70 bits per heavy atom. The molecule has 0 saturated heterocycles. The van der Waals surface area contributed by atoms with Gasteiger partial charge in [-0.15, -0.1) is 0 Å². The van der Waals surface area contributed by atoms with E-state index in [0.29, 0.717) is 17.0 Å². The molecule has 0 heterocycles. The number of amides is 1. The van der Waals surface area contributed by atoms with E-state index in [1.807, 2.05) is 0 Å². The van der Waals surface area contributed by atoms with Crippen molar-refractivity contribution in [1.29, 1.82) is 0 Å². The standard InChI is InChI=1S/C17H18FNO3S/c1-12(23(21)11-13-6-5-7-14(18)10-13)17(20)19-15-8-3-4-9-16(15)22-2/h3-10,12H,11H2,1-2H3,(H,19,20). The van der Waals surface area contributed by atoms with Gasteiger partial charge in [-0.3, -0.25) is 9.00 Å². The molecule has 0 aliphatic heterocycles. The summed E-state index contributed by atoms with van der Waals surface area (Å²) in [5.74, 6) is -0.100. The molecule has 0 bridgehead atoms. The van der Waals surface area contributed by atoms with Crippen molar-refractivity contribution in [2.45, 2.75) is 17.9 Å². The van der Waals surface area contributed by atoms with Gasteiger partial charge in [0.05, 0.1) is 12.8 Å². The lowest BCUT2D eigenvalue weighted by molar-refractivity contribution is -0.115. The number of nitrogens with one attached hydrogen (secondary N) is 1. The Kier molecular flexibility index (Phi) is 5.87. The zero-order valence-electron chi connectivity index (χ0n) is 12.9. The molecule has 1 N–H and O–H groups in total. The van der Waals surface area contributed by atoms with Crippen molar-refractivity contribution in [3.63, 3.8) is 0 Å². The summed E-state index contributed by atoms with van der Waals surface area (Å²) in [6, 6.07) is 12.9. The van der Waals surface area contributed by atoms with E-state index in [9.17, 15) is 13.4 Å². The largest absolute Gasteiger partial charge is 0.495 e. The number of anilines is 1. The summed E-state index contributed by atoms with van der Waals surface area (Å²) in [7, 11) is 0.0546. The maximum absolute atomic E-state index is 13.2. The molecule has 0 aliphatic rings. The topological polar surface area (TPSA) is 55.4 Å². The third kappa shape index (κ3) is 4.63. The summed E-state index contributed by atoms with van der Waals surface area (Å²) in [5.41, 5.74) is 1.12. The van der Waals surface area contributed by atoms with E-state index in [0.717, 1.165) is 0 Å². The maximum atomic E-state index is 13.2. The number of halogens is 1. The number of hydrogen-bond acceptors (Lipinski definition) is 3. The van der Waals surface area contributed by atoms with Crippen LogP contribution in [0.15, 0.2) is 48.5 Å². The van der Waals surface area contributed by atoms with Crippen LogP contribution in [-0.2, 0) is 21.3 Å². The fourth-order valence-corrected chi connectivity index (χ4v) is 3.07. The zero-order chi connectivity index (χ0) is 16.8. The number of para-hydroxylation sites is 2. The first-order chi connectivity index (χ1) is 11.0. The van der Waals surface area contributed by atoms with E-state index >= 15 is 0 Å². The highest BCUT2D eigenvalue weighted by Crippen LogP contribution is 2.23. The quantitative estimate of drug-likeness (QED) is 0.882. The van der Waals surface area contributed by atoms with E-state index in [4.69, 9.17) is 4.74 Å². The monoisotopic (exact) mass is 335 g/mol. The molecule has 1 amide bonds. The van der Waals surface area contributed by atoms with Crippen molar-refractivity contribution in [2.75, 3.05) is 12.4 Å². The van der Waals surface area contributed by atoms with Gasteiger partial charge in [0.15, 0.2) is 0 Å². The van der Waals surface area contributed by atoms with Gasteiger partial charge in [-0.2, -0.15) is 0 Å². The Hall–Kier alpha value is -2.21. The molecule has 6 heteroatoms. The maximum Gasteiger partial charge on any atom is 0.239 e. The summed E-state index contributed by atoms with van der Waals surface area (Å²) in [6.07, 6.45) is 0. The van der Waals surface area contributed by atoms with Crippen LogP contribution in [0.3, 0.4) is 0 Å². The van der Waals surface area contributed by atoms with Crippen LogP contribution in [0.25, 0.3) is 0 Å². The molecule has 0 aromatic heterocycles. The van der Waals surface area contributed by atoms with Crippen molar-refractivity contribution >= 4 is 22.4 Å². The lowest BCUT2D eigenvalue weighted by Crippen LogP contribution is -2.29. The Morgan fingerprint density at radius 2 is 2.00 bits per heavy atom. The number of methoxy groups -OCH3 is 1. The molecule has 0 saturated carbocycles. The summed E-state index contributed by atoms with van der Waals surface area (Å²) in [6.45, 7) is 1.58. The highest BCUT2D eigenvalue weighted by Gasteiger charge is 2.21. The fraction of sp³-hybridized carbons (Fsp3) is 0.235. The first kappa shape index (κ1) is 17.1. The van der Waals surface area contributed by atoms with Crippen molar-refractivity contribution in [3.8, 4) is 5.75 Å². The second-order valence-corrected chi connectivity index (χ2v) is 6.74. The van der Waals surface area contributed by atoms with Crippen LogP contribution in [-0.4, -0.2) is 22.5 Å². The van der Waals surface area contributed by atoms with Gasteiger partial charge in [0.1, 0.15) is 16.8 Å². The van der Waals surface area contributed by atoms with Crippen LogP contribution in [0.4, 0.5) is 10.1 Å². The van der Waals surface area contributed by atoms with Crippen molar-refractivity contribution in [1.82, 2.24) is 0 Å². The van der Waals surface area contributed by atoms with Gasteiger partial charge in [-0.25, -0.2) is 4.39 Å². The summed E-state index contributed by atoms with van der Waals surface area (Å²) in [5, 5.41) is 1.98. The molecular formula is C17H18FNO3S. The third-order valence-corrected chi connectivity index (χ3v) is 4.95. The number of ether oxygens (including phenoxy) is 1. The average Bonchev–Trinajstić information content (AvgIpc) is 2.54. The van der Waals surface area contributed by atoms with Crippen LogP contribution in [0.5, 0.6) is 5.75 Å². The molecule has 0 spiro atoms. The Balaban J connectivity index is 2.02. The lowest BCUT2D eigenvalue weighted by atomic mass is 10.2. The second-order valence-electron chi connectivity index (χ2n) is 4.99.